The zero-order chi connectivity index (χ0) is 14.7. The number of amides is 1. The van der Waals surface area contributed by atoms with Crippen molar-refractivity contribution in [2.45, 2.75) is 31.7 Å². The molecule has 1 heterocycles. The Kier molecular flexibility index (Phi) is 4.22. The van der Waals surface area contributed by atoms with E-state index in [1.807, 2.05) is 0 Å². The summed E-state index contributed by atoms with van der Waals surface area (Å²) in [6.45, 7) is 0.517. The van der Waals surface area contributed by atoms with Gasteiger partial charge in [-0.25, -0.2) is 9.18 Å². The fourth-order valence-corrected chi connectivity index (χ4v) is 2.61. The third-order valence-corrected chi connectivity index (χ3v) is 3.57. The fourth-order valence-electron chi connectivity index (χ4n) is 2.61. The van der Waals surface area contributed by atoms with Gasteiger partial charge in [0.25, 0.3) is 5.91 Å². The lowest BCUT2D eigenvalue weighted by atomic mass is 10.1. The lowest BCUT2D eigenvalue weighted by molar-refractivity contribution is -0.138. The van der Waals surface area contributed by atoms with E-state index < -0.39 is 23.7 Å². The van der Waals surface area contributed by atoms with Crippen molar-refractivity contribution in [3.63, 3.8) is 0 Å². The number of nitrogens with zero attached hydrogens (tertiary/aromatic N) is 1. The summed E-state index contributed by atoms with van der Waals surface area (Å²) >= 11 is 0. The van der Waals surface area contributed by atoms with Crippen LogP contribution >= 0.6 is 0 Å². The Morgan fingerprint density at radius 3 is 2.70 bits per heavy atom. The minimum absolute atomic E-state index is 0.0261. The number of anilines is 1. The normalized spacial score (nSPS) is 19.4. The van der Waals surface area contributed by atoms with Gasteiger partial charge in [-0.3, -0.25) is 4.79 Å². The number of carbonyl (C=O) groups is 2. The Labute approximate surface area is 116 Å². The van der Waals surface area contributed by atoms with Crippen LogP contribution in [0.5, 0.6) is 0 Å². The number of hydrogen-bond acceptors (Lipinski definition) is 3. The fraction of sp³-hybridized carbons (Fsp3) is 0.429. The summed E-state index contributed by atoms with van der Waals surface area (Å²) in [6.07, 6.45) is 3.10. The van der Waals surface area contributed by atoms with Gasteiger partial charge in [-0.1, -0.05) is 12.8 Å². The number of primary amides is 1. The van der Waals surface area contributed by atoms with Gasteiger partial charge >= 0.3 is 5.97 Å². The molecule has 1 fully saturated rings. The maximum absolute atomic E-state index is 13.3. The molecule has 1 amide bonds. The van der Waals surface area contributed by atoms with Crippen molar-refractivity contribution >= 4 is 17.6 Å². The second-order valence-corrected chi connectivity index (χ2v) is 4.92. The standard InChI is InChI=1S/C14H17FN2O3/c15-9-5-6-11(10(8-9)13(16)18)17-7-3-1-2-4-12(17)14(19)20/h5-6,8,12H,1-4,7H2,(H2,16,18)(H,19,20). The third kappa shape index (κ3) is 2.89. The van der Waals surface area contributed by atoms with Crippen LogP contribution in [0, 0.1) is 5.82 Å². The van der Waals surface area contributed by atoms with E-state index in [4.69, 9.17) is 5.73 Å². The van der Waals surface area contributed by atoms with E-state index in [1.165, 1.54) is 12.1 Å². The molecule has 1 aromatic carbocycles. The quantitative estimate of drug-likeness (QED) is 0.883. The van der Waals surface area contributed by atoms with Gasteiger partial charge in [0, 0.05) is 6.54 Å². The number of hydrogen-bond donors (Lipinski definition) is 2. The van der Waals surface area contributed by atoms with Gasteiger partial charge in [-0.15, -0.1) is 0 Å². The van der Waals surface area contributed by atoms with Crippen LogP contribution < -0.4 is 10.6 Å². The first-order valence-corrected chi connectivity index (χ1v) is 6.59. The second-order valence-electron chi connectivity index (χ2n) is 4.92. The van der Waals surface area contributed by atoms with E-state index in [1.54, 1.807) is 4.90 Å². The molecule has 1 atom stereocenters. The van der Waals surface area contributed by atoms with E-state index in [-0.39, 0.29) is 5.56 Å². The molecule has 0 radical (unpaired) electrons. The Bertz CT molecular complexity index is 533. The van der Waals surface area contributed by atoms with E-state index in [2.05, 4.69) is 0 Å². The van der Waals surface area contributed by atoms with Crippen LogP contribution in [0.15, 0.2) is 18.2 Å². The smallest absolute Gasteiger partial charge is 0.326 e. The maximum Gasteiger partial charge on any atom is 0.326 e. The van der Waals surface area contributed by atoms with Crippen LogP contribution in [0.3, 0.4) is 0 Å². The number of rotatable bonds is 3. The molecule has 1 aromatic rings. The molecule has 108 valence electrons. The highest BCUT2D eigenvalue weighted by atomic mass is 19.1. The minimum atomic E-state index is -0.938. The topological polar surface area (TPSA) is 83.6 Å². The third-order valence-electron chi connectivity index (χ3n) is 3.57. The first-order chi connectivity index (χ1) is 9.50. The summed E-state index contributed by atoms with van der Waals surface area (Å²) in [5, 5.41) is 9.35. The molecule has 3 N–H and O–H groups in total. The van der Waals surface area contributed by atoms with Crippen molar-refractivity contribution in [1.82, 2.24) is 0 Å². The van der Waals surface area contributed by atoms with Crippen LogP contribution in [0.25, 0.3) is 0 Å². The van der Waals surface area contributed by atoms with Crippen LogP contribution in [-0.2, 0) is 4.79 Å². The van der Waals surface area contributed by atoms with Gasteiger partial charge in [-0.2, -0.15) is 0 Å². The molecule has 1 aliphatic heterocycles. The average molecular weight is 280 g/mol. The van der Waals surface area contributed by atoms with Crippen molar-refractivity contribution < 1.29 is 19.1 Å². The Morgan fingerprint density at radius 1 is 1.30 bits per heavy atom. The second kappa shape index (κ2) is 5.90. The van der Waals surface area contributed by atoms with Crippen molar-refractivity contribution in [3.8, 4) is 0 Å². The Balaban J connectivity index is 2.46. The van der Waals surface area contributed by atoms with Gasteiger partial charge in [0.1, 0.15) is 11.9 Å². The molecular weight excluding hydrogens is 263 g/mol. The maximum atomic E-state index is 13.3. The monoisotopic (exact) mass is 280 g/mol. The summed E-state index contributed by atoms with van der Waals surface area (Å²) in [6, 6.07) is 2.99. The molecule has 1 unspecified atom stereocenters. The average Bonchev–Trinajstić information content (AvgIpc) is 2.64. The summed E-state index contributed by atoms with van der Waals surface area (Å²) in [5.41, 5.74) is 5.69. The van der Waals surface area contributed by atoms with Crippen LogP contribution in [0.4, 0.5) is 10.1 Å². The number of aliphatic carboxylic acids is 1. The number of carbonyl (C=O) groups excluding carboxylic acids is 1. The number of carboxylic acids is 1. The number of carboxylic acid groups (broad SMARTS) is 1. The number of benzene rings is 1. The van der Waals surface area contributed by atoms with E-state index >= 15 is 0 Å². The lowest BCUT2D eigenvalue weighted by Crippen LogP contribution is -2.41. The molecule has 20 heavy (non-hydrogen) atoms. The molecule has 0 aliphatic carbocycles. The lowest BCUT2D eigenvalue weighted by Gasteiger charge is -2.30. The van der Waals surface area contributed by atoms with Crippen molar-refractivity contribution in [1.29, 1.82) is 0 Å². The van der Waals surface area contributed by atoms with Gasteiger partial charge in [0.2, 0.25) is 0 Å². The molecule has 5 nitrogen and oxygen atoms in total. The van der Waals surface area contributed by atoms with Gasteiger partial charge < -0.3 is 15.7 Å². The van der Waals surface area contributed by atoms with E-state index in [0.717, 1.165) is 25.3 Å². The molecule has 0 saturated carbocycles. The predicted octanol–water partition coefficient (Wildman–Crippen LogP) is 1.76. The summed E-state index contributed by atoms with van der Waals surface area (Å²) in [4.78, 5) is 24.5. The van der Waals surface area contributed by atoms with Gasteiger partial charge in [0.05, 0.1) is 11.3 Å². The Morgan fingerprint density at radius 2 is 2.05 bits per heavy atom. The predicted molar refractivity (Wildman–Crippen MR) is 72.2 cm³/mol. The first kappa shape index (κ1) is 14.3. The highest BCUT2D eigenvalue weighted by Crippen LogP contribution is 2.28. The SMILES string of the molecule is NC(=O)c1cc(F)ccc1N1CCCCCC1C(=O)O. The molecule has 0 bridgehead atoms. The van der Waals surface area contributed by atoms with Crippen molar-refractivity contribution in [2.75, 3.05) is 11.4 Å². The molecule has 0 spiro atoms. The highest BCUT2D eigenvalue weighted by molar-refractivity contribution is 5.99. The molecular formula is C14H17FN2O3. The molecule has 0 aromatic heterocycles. The van der Waals surface area contributed by atoms with Crippen molar-refractivity contribution in [2.24, 2.45) is 5.73 Å². The number of nitrogens with two attached hydrogens (primary N) is 1. The number of halogens is 1. The minimum Gasteiger partial charge on any atom is -0.480 e. The largest absolute Gasteiger partial charge is 0.480 e. The summed E-state index contributed by atoms with van der Waals surface area (Å²) in [5.74, 6) is -2.26. The zero-order valence-electron chi connectivity index (χ0n) is 11.0. The van der Waals surface area contributed by atoms with Crippen LogP contribution in [0.1, 0.15) is 36.0 Å². The summed E-state index contributed by atoms with van der Waals surface area (Å²) in [7, 11) is 0. The highest BCUT2D eigenvalue weighted by Gasteiger charge is 2.29. The Hall–Kier alpha value is -2.11. The van der Waals surface area contributed by atoms with Crippen LogP contribution in [0.2, 0.25) is 0 Å². The molecule has 6 heteroatoms. The zero-order valence-corrected chi connectivity index (χ0v) is 11.0. The van der Waals surface area contributed by atoms with E-state index in [9.17, 15) is 19.1 Å². The molecule has 1 saturated heterocycles. The van der Waals surface area contributed by atoms with E-state index in [0.29, 0.717) is 18.7 Å². The van der Waals surface area contributed by atoms with Gasteiger partial charge in [0.15, 0.2) is 0 Å². The molecule has 2 rings (SSSR count). The van der Waals surface area contributed by atoms with Crippen molar-refractivity contribution in [3.05, 3.63) is 29.6 Å². The first-order valence-electron chi connectivity index (χ1n) is 6.59. The van der Waals surface area contributed by atoms with Gasteiger partial charge in [-0.05, 0) is 31.0 Å². The van der Waals surface area contributed by atoms with Crippen LogP contribution in [-0.4, -0.2) is 29.6 Å². The summed E-state index contributed by atoms with van der Waals surface area (Å²) < 4.78 is 13.3. The molecule has 1 aliphatic rings.